The maximum atomic E-state index is 12.4. The molecule has 3 heterocycles. The summed E-state index contributed by atoms with van der Waals surface area (Å²) >= 11 is 6.19. The second kappa shape index (κ2) is 14.5. The molecule has 0 aliphatic carbocycles. The summed E-state index contributed by atoms with van der Waals surface area (Å²) in [5.74, 6) is 0.333. The number of amides is 2. The van der Waals surface area contributed by atoms with Crippen LogP contribution in [0.15, 0.2) is 37.1 Å². The quantitative estimate of drug-likeness (QED) is 0.509. The third-order valence-corrected chi connectivity index (χ3v) is 4.08. The van der Waals surface area contributed by atoms with Crippen LogP contribution in [0.1, 0.15) is 58.3 Å². The van der Waals surface area contributed by atoms with E-state index in [1.54, 1.807) is 6.92 Å². The van der Waals surface area contributed by atoms with Gasteiger partial charge in [-0.1, -0.05) is 45.7 Å². The minimum Gasteiger partial charge on any atom is -0.377 e. The molecule has 11 heteroatoms. The Morgan fingerprint density at radius 2 is 1.85 bits per heavy atom. The minimum absolute atomic E-state index is 0.260. The van der Waals surface area contributed by atoms with E-state index in [9.17, 15) is 10.1 Å². The predicted octanol–water partition coefficient (Wildman–Crippen LogP) is 5.38. The number of pyridine rings is 2. The zero-order valence-electron chi connectivity index (χ0n) is 19.6. The van der Waals surface area contributed by atoms with E-state index in [1.165, 1.54) is 55.4 Å². The van der Waals surface area contributed by atoms with E-state index in [4.69, 9.17) is 16.3 Å². The van der Waals surface area contributed by atoms with Crippen LogP contribution in [0.2, 0.25) is 5.02 Å². The Morgan fingerprint density at radius 3 is 2.39 bits per heavy atom. The highest BCUT2D eigenvalue weighted by Crippen LogP contribution is 2.28. The first kappa shape index (κ1) is 27.5. The Hall–Kier alpha value is -3.55. The first-order valence-electron chi connectivity index (χ1n) is 10.5. The molecule has 3 aromatic rings. The smallest absolute Gasteiger partial charge is 0.323 e. The molecule has 0 fully saturated rings. The number of hydrogen-bond donors (Lipinski definition) is 2. The summed E-state index contributed by atoms with van der Waals surface area (Å²) in [5, 5.41) is 22.8. The molecule has 0 aromatic carbocycles. The minimum atomic E-state index is -0.552. The Bertz CT molecular complexity index is 1050. The Balaban J connectivity index is 0.00000101. The van der Waals surface area contributed by atoms with Crippen LogP contribution >= 0.6 is 11.6 Å². The summed E-state index contributed by atoms with van der Waals surface area (Å²) in [6, 6.07) is 3.02. The molecule has 0 radical (unpaired) electrons. The molecule has 0 spiro atoms. The van der Waals surface area contributed by atoms with Crippen molar-refractivity contribution in [1.82, 2.24) is 25.0 Å². The molecule has 33 heavy (non-hydrogen) atoms. The van der Waals surface area contributed by atoms with Gasteiger partial charge in [0, 0.05) is 18.9 Å². The van der Waals surface area contributed by atoms with Crippen molar-refractivity contribution < 1.29 is 9.53 Å². The molecule has 0 aliphatic heterocycles. The molecule has 0 saturated heterocycles. The SMILES string of the molecule is CC.CCC.COC(C)c1c(C#N)cncc1NC(=O)Nc1cnc(-n2nccn2)c(Cl)c1. The molecule has 2 N–H and O–H groups in total. The van der Waals surface area contributed by atoms with E-state index >= 15 is 0 Å². The number of rotatable bonds is 5. The van der Waals surface area contributed by atoms with Crippen LogP contribution in [-0.2, 0) is 4.74 Å². The fourth-order valence-corrected chi connectivity index (χ4v) is 2.71. The van der Waals surface area contributed by atoms with Gasteiger partial charge in [-0.05, 0) is 13.0 Å². The molecule has 0 aliphatic rings. The van der Waals surface area contributed by atoms with Gasteiger partial charge in [0.05, 0.1) is 52.9 Å². The van der Waals surface area contributed by atoms with Gasteiger partial charge < -0.3 is 15.4 Å². The number of ether oxygens (including phenoxy) is 1. The van der Waals surface area contributed by atoms with Crippen molar-refractivity contribution in [1.29, 1.82) is 5.26 Å². The van der Waals surface area contributed by atoms with E-state index in [-0.39, 0.29) is 5.02 Å². The number of nitriles is 1. The number of anilines is 2. The lowest BCUT2D eigenvalue weighted by Crippen LogP contribution is -2.21. The van der Waals surface area contributed by atoms with Crippen molar-refractivity contribution in [3.05, 3.63) is 53.2 Å². The van der Waals surface area contributed by atoms with Crippen LogP contribution in [0.5, 0.6) is 0 Å². The second-order valence-corrected chi connectivity index (χ2v) is 6.68. The van der Waals surface area contributed by atoms with E-state index in [0.717, 1.165) is 0 Å². The normalized spacial score (nSPS) is 10.5. The molecule has 3 rings (SSSR count). The fraction of sp³-hybridized carbons (Fsp3) is 0.364. The Kier molecular flexibility index (Phi) is 12.1. The number of nitrogens with zero attached hydrogens (tertiary/aromatic N) is 6. The summed E-state index contributed by atoms with van der Waals surface area (Å²) in [4.78, 5) is 21.8. The molecule has 176 valence electrons. The van der Waals surface area contributed by atoms with Crippen molar-refractivity contribution in [2.45, 2.75) is 47.1 Å². The van der Waals surface area contributed by atoms with Gasteiger partial charge in [0.2, 0.25) is 0 Å². The van der Waals surface area contributed by atoms with Gasteiger partial charge in [-0.2, -0.15) is 15.5 Å². The number of carbonyl (C=O) groups excluding carboxylic acids is 1. The van der Waals surface area contributed by atoms with Crippen LogP contribution < -0.4 is 10.6 Å². The van der Waals surface area contributed by atoms with Gasteiger partial charge in [0.1, 0.15) is 6.07 Å². The van der Waals surface area contributed by atoms with Gasteiger partial charge in [-0.15, -0.1) is 4.80 Å². The monoisotopic (exact) mass is 472 g/mol. The van der Waals surface area contributed by atoms with Crippen molar-refractivity contribution in [3.63, 3.8) is 0 Å². The van der Waals surface area contributed by atoms with Gasteiger partial charge in [0.15, 0.2) is 5.82 Å². The van der Waals surface area contributed by atoms with Crippen LogP contribution in [-0.4, -0.2) is 38.1 Å². The van der Waals surface area contributed by atoms with Crippen molar-refractivity contribution in [3.8, 4) is 11.9 Å². The number of methoxy groups -OCH3 is 1. The lowest BCUT2D eigenvalue weighted by Gasteiger charge is -2.17. The van der Waals surface area contributed by atoms with Gasteiger partial charge >= 0.3 is 6.03 Å². The molecule has 2 amide bonds. The van der Waals surface area contributed by atoms with Crippen LogP contribution in [0.3, 0.4) is 0 Å². The largest absolute Gasteiger partial charge is 0.377 e. The van der Waals surface area contributed by atoms with Gasteiger partial charge in [-0.3, -0.25) is 4.98 Å². The maximum Gasteiger partial charge on any atom is 0.323 e. The molecule has 0 saturated carbocycles. The first-order chi connectivity index (χ1) is 15.9. The second-order valence-electron chi connectivity index (χ2n) is 6.27. The zero-order chi connectivity index (χ0) is 24.8. The van der Waals surface area contributed by atoms with E-state index in [0.29, 0.717) is 28.3 Å². The number of nitrogens with one attached hydrogen (secondary N) is 2. The van der Waals surface area contributed by atoms with Gasteiger partial charge in [-0.25, -0.2) is 9.78 Å². The topological polar surface area (TPSA) is 131 Å². The van der Waals surface area contributed by atoms with Crippen LogP contribution in [0.25, 0.3) is 5.82 Å². The summed E-state index contributed by atoms with van der Waals surface area (Å²) < 4.78 is 5.29. The lowest BCUT2D eigenvalue weighted by atomic mass is 10.0. The number of hydrogen-bond acceptors (Lipinski definition) is 7. The summed E-state index contributed by atoms with van der Waals surface area (Å²) in [5.41, 5.74) is 1.57. The van der Waals surface area contributed by atoms with E-state index in [1.807, 2.05) is 19.9 Å². The fourth-order valence-electron chi connectivity index (χ4n) is 2.47. The first-order valence-corrected chi connectivity index (χ1v) is 10.8. The van der Waals surface area contributed by atoms with Crippen molar-refractivity contribution in [2.24, 2.45) is 0 Å². The number of urea groups is 1. The van der Waals surface area contributed by atoms with Crippen LogP contribution in [0.4, 0.5) is 16.2 Å². The lowest BCUT2D eigenvalue weighted by molar-refractivity contribution is 0.120. The molecule has 1 unspecified atom stereocenters. The molecule has 3 aromatic heterocycles. The van der Waals surface area contributed by atoms with Gasteiger partial charge in [0.25, 0.3) is 0 Å². The molecule has 10 nitrogen and oxygen atoms in total. The Labute approximate surface area is 199 Å². The number of halogens is 1. The average molecular weight is 473 g/mol. The zero-order valence-corrected chi connectivity index (χ0v) is 20.4. The maximum absolute atomic E-state index is 12.4. The highest BCUT2D eigenvalue weighted by molar-refractivity contribution is 6.32. The van der Waals surface area contributed by atoms with Crippen LogP contribution in [0, 0.1) is 11.3 Å². The third kappa shape index (κ3) is 7.82. The molecule has 0 bridgehead atoms. The third-order valence-electron chi connectivity index (χ3n) is 3.80. The number of aromatic nitrogens is 5. The summed E-state index contributed by atoms with van der Waals surface area (Å²) in [6.07, 6.45) is 8.12. The van der Waals surface area contributed by atoms with E-state index < -0.39 is 12.1 Å². The van der Waals surface area contributed by atoms with Crippen molar-refractivity contribution >= 4 is 29.0 Å². The highest BCUT2D eigenvalue weighted by Gasteiger charge is 2.18. The Morgan fingerprint density at radius 1 is 1.21 bits per heavy atom. The molecule has 1 atom stereocenters. The number of carbonyl (C=O) groups is 1. The molecular weight excluding hydrogens is 444 g/mol. The summed E-state index contributed by atoms with van der Waals surface area (Å²) in [6.45, 7) is 10.0. The highest BCUT2D eigenvalue weighted by atomic mass is 35.5. The van der Waals surface area contributed by atoms with E-state index in [2.05, 4.69) is 44.6 Å². The average Bonchev–Trinajstić information content (AvgIpc) is 3.35. The molecular formula is C22H29ClN8O2. The standard InChI is InChI=1S/C17H15ClN8O2.C3H8.C2H6/c1-10(28-2)15-11(6-19)7-20-9-14(15)25-17(27)24-12-5-13(18)16(21-8-12)26-22-3-4-23-26;1-3-2;1-2/h3-5,7-10H,1-2H3,(H2,24,25,27);3H2,1-2H3;1-2H3. The predicted molar refractivity (Wildman–Crippen MR) is 128 cm³/mol. The summed E-state index contributed by atoms with van der Waals surface area (Å²) in [7, 11) is 1.51. The van der Waals surface area contributed by atoms with Crippen molar-refractivity contribution in [2.75, 3.05) is 17.7 Å².